The number of hydrogen-bond donors (Lipinski definition) is 2. The van der Waals surface area contributed by atoms with Crippen molar-refractivity contribution in [2.24, 2.45) is 5.92 Å². The predicted octanol–water partition coefficient (Wildman–Crippen LogP) is 1.50. The van der Waals surface area contributed by atoms with Gasteiger partial charge in [-0.2, -0.15) is 11.8 Å². The third-order valence-corrected chi connectivity index (χ3v) is 3.80. The zero-order chi connectivity index (χ0) is 12.0. The number of thioether (sulfide) groups is 1. The minimum atomic E-state index is -0.839. The summed E-state index contributed by atoms with van der Waals surface area (Å²) >= 11 is 1.87. The van der Waals surface area contributed by atoms with Gasteiger partial charge in [-0.3, -0.25) is 9.59 Å². The molecule has 0 bridgehead atoms. The molecule has 0 aromatic rings. The molecule has 1 heterocycles. The zero-order valence-corrected chi connectivity index (χ0v) is 10.4. The van der Waals surface area contributed by atoms with Gasteiger partial charge in [-0.25, -0.2) is 0 Å². The number of nitrogens with one attached hydrogen (secondary N) is 1. The number of rotatable bonds is 5. The summed E-state index contributed by atoms with van der Waals surface area (Å²) in [5.41, 5.74) is 0. The first-order valence-corrected chi connectivity index (χ1v) is 6.82. The van der Waals surface area contributed by atoms with Crippen molar-refractivity contribution in [1.29, 1.82) is 0 Å². The van der Waals surface area contributed by atoms with E-state index in [-0.39, 0.29) is 24.3 Å². The summed E-state index contributed by atoms with van der Waals surface area (Å²) in [6, 6.07) is 0.281. The second-order valence-corrected chi connectivity index (χ2v) is 5.54. The average Bonchev–Trinajstić information content (AvgIpc) is 2.17. The zero-order valence-electron chi connectivity index (χ0n) is 9.57. The van der Waals surface area contributed by atoms with E-state index >= 15 is 0 Å². The molecule has 1 aliphatic rings. The van der Waals surface area contributed by atoms with Gasteiger partial charge < -0.3 is 10.4 Å². The minimum Gasteiger partial charge on any atom is -0.481 e. The van der Waals surface area contributed by atoms with Crippen LogP contribution in [0, 0.1) is 5.92 Å². The first-order chi connectivity index (χ1) is 7.58. The highest BCUT2D eigenvalue weighted by atomic mass is 32.2. The third kappa shape index (κ3) is 5.39. The number of amides is 1. The van der Waals surface area contributed by atoms with Crippen LogP contribution < -0.4 is 5.32 Å². The van der Waals surface area contributed by atoms with Crippen molar-refractivity contribution in [2.75, 3.05) is 11.5 Å². The normalized spacial score (nSPS) is 22.4. The maximum Gasteiger partial charge on any atom is 0.303 e. The molecule has 2 N–H and O–H groups in total. The topological polar surface area (TPSA) is 66.4 Å². The first-order valence-electron chi connectivity index (χ1n) is 5.67. The molecular formula is C11H19NO3S. The molecule has 0 radical (unpaired) electrons. The van der Waals surface area contributed by atoms with Crippen LogP contribution in [0.25, 0.3) is 0 Å². The summed E-state index contributed by atoms with van der Waals surface area (Å²) in [6.45, 7) is 1.79. The molecule has 5 heteroatoms. The Hall–Kier alpha value is -0.710. The largest absolute Gasteiger partial charge is 0.481 e. The minimum absolute atomic E-state index is 0.0127. The Bertz CT molecular complexity index is 252. The Morgan fingerprint density at radius 3 is 2.81 bits per heavy atom. The van der Waals surface area contributed by atoms with E-state index in [4.69, 9.17) is 5.11 Å². The summed E-state index contributed by atoms with van der Waals surface area (Å²) in [5, 5.41) is 11.6. The summed E-state index contributed by atoms with van der Waals surface area (Å²) < 4.78 is 0. The number of hydrogen-bond acceptors (Lipinski definition) is 3. The third-order valence-electron chi connectivity index (χ3n) is 2.58. The molecule has 4 nitrogen and oxygen atoms in total. The monoisotopic (exact) mass is 245 g/mol. The number of carboxylic acid groups (broad SMARTS) is 1. The highest BCUT2D eigenvalue weighted by Crippen LogP contribution is 2.17. The molecule has 0 spiro atoms. The highest BCUT2D eigenvalue weighted by molar-refractivity contribution is 7.99. The van der Waals surface area contributed by atoms with Crippen molar-refractivity contribution in [3.63, 3.8) is 0 Å². The van der Waals surface area contributed by atoms with Gasteiger partial charge in [0.25, 0.3) is 0 Å². The van der Waals surface area contributed by atoms with E-state index in [1.54, 1.807) is 6.92 Å². The van der Waals surface area contributed by atoms with Crippen molar-refractivity contribution in [1.82, 2.24) is 5.32 Å². The fourth-order valence-corrected chi connectivity index (χ4v) is 2.90. The Morgan fingerprint density at radius 1 is 1.50 bits per heavy atom. The molecule has 2 unspecified atom stereocenters. The fraction of sp³-hybridized carbons (Fsp3) is 0.818. The van der Waals surface area contributed by atoms with E-state index in [0.717, 1.165) is 18.6 Å². The van der Waals surface area contributed by atoms with Crippen molar-refractivity contribution >= 4 is 23.6 Å². The van der Waals surface area contributed by atoms with Crippen LogP contribution in [0.2, 0.25) is 0 Å². The fourth-order valence-electron chi connectivity index (χ4n) is 1.83. The number of carbonyl (C=O) groups is 2. The van der Waals surface area contributed by atoms with Crippen LogP contribution in [-0.4, -0.2) is 34.5 Å². The maximum absolute atomic E-state index is 11.6. The lowest BCUT2D eigenvalue weighted by atomic mass is 10.0. The van der Waals surface area contributed by atoms with Gasteiger partial charge in [0.2, 0.25) is 5.91 Å². The molecule has 2 atom stereocenters. The maximum atomic E-state index is 11.6. The molecule has 1 rings (SSSR count). The van der Waals surface area contributed by atoms with Gasteiger partial charge in [0, 0.05) is 24.6 Å². The molecule has 0 aromatic heterocycles. The van der Waals surface area contributed by atoms with Gasteiger partial charge in [-0.05, 0) is 24.5 Å². The summed E-state index contributed by atoms with van der Waals surface area (Å²) in [5.74, 6) is 1.23. The van der Waals surface area contributed by atoms with Crippen molar-refractivity contribution in [2.45, 2.75) is 38.6 Å². The van der Waals surface area contributed by atoms with Crippen LogP contribution >= 0.6 is 11.8 Å². The van der Waals surface area contributed by atoms with Crippen molar-refractivity contribution in [3.8, 4) is 0 Å². The molecule has 1 aliphatic heterocycles. The Kier molecular flexibility index (Phi) is 5.66. The Balaban J connectivity index is 2.21. The molecule has 1 amide bonds. The summed E-state index contributed by atoms with van der Waals surface area (Å²) in [6.07, 6.45) is 2.58. The lowest BCUT2D eigenvalue weighted by molar-refractivity contribution is -0.138. The van der Waals surface area contributed by atoms with Gasteiger partial charge in [0.15, 0.2) is 0 Å². The molecule has 92 valence electrons. The highest BCUT2D eigenvalue weighted by Gasteiger charge is 2.18. The van der Waals surface area contributed by atoms with Gasteiger partial charge in [-0.1, -0.05) is 6.92 Å². The Labute approximate surface area is 100 Å². The molecule has 1 saturated heterocycles. The lowest BCUT2D eigenvalue weighted by Gasteiger charge is -2.23. The summed E-state index contributed by atoms with van der Waals surface area (Å²) in [7, 11) is 0. The molecule has 1 fully saturated rings. The van der Waals surface area contributed by atoms with Gasteiger partial charge in [0.05, 0.1) is 0 Å². The second kappa shape index (κ2) is 6.78. The SMILES string of the molecule is CC(CC(=O)O)CC(=O)NC1CCCSC1. The van der Waals surface area contributed by atoms with Crippen molar-refractivity contribution in [3.05, 3.63) is 0 Å². The average molecular weight is 245 g/mol. The molecule has 0 saturated carbocycles. The van der Waals surface area contributed by atoms with Crippen LogP contribution in [0.1, 0.15) is 32.6 Å². The van der Waals surface area contributed by atoms with E-state index in [2.05, 4.69) is 5.32 Å². The van der Waals surface area contributed by atoms with Crippen LogP contribution in [0.15, 0.2) is 0 Å². The quantitative estimate of drug-likeness (QED) is 0.770. The van der Waals surface area contributed by atoms with E-state index in [1.807, 2.05) is 11.8 Å². The van der Waals surface area contributed by atoms with Gasteiger partial charge in [-0.15, -0.1) is 0 Å². The number of carboxylic acids is 1. The van der Waals surface area contributed by atoms with Gasteiger partial charge >= 0.3 is 5.97 Å². The molecule has 16 heavy (non-hydrogen) atoms. The smallest absolute Gasteiger partial charge is 0.303 e. The second-order valence-electron chi connectivity index (χ2n) is 4.39. The standard InChI is InChI=1S/C11H19NO3S/c1-8(6-11(14)15)5-10(13)12-9-3-2-4-16-7-9/h8-9H,2-7H2,1H3,(H,12,13)(H,14,15). The van der Waals surface area contributed by atoms with E-state index in [0.29, 0.717) is 6.42 Å². The van der Waals surface area contributed by atoms with Crippen LogP contribution in [0.5, 0.6) is 0 Å². The van der Waals surface area contributed by atoms with Crippen molar-refractivity contribution < 1.29 is 14.7 Å². The van der Waals surface area contributed by atoms with Crippen LogP contribution in [0.4, 0.5) is 0 Å². The number of carbonyl (C=O) groups excluding carboxylic acids is 1. The molecular weight excluding hydrogens is 226 g/mol. The molecule has 0 aliphatic carbocycles. The van der Waals surface area contributed by atoms with E-state index in [1.165, 1.54) is 5.75 Å². The lowest BCUT2D eigenvalue weighted by Crippen LogP contribution is -2.39. The van der Waals surface area contributed by atoms with Crippen LogP contribution in [-0.2, 0) is 9.59 Å². The van der Waals surface area contributed by atoms with E-state index in [9.17, 15) is 9.59 Å². The number of aliphatic carboxylic acids is 1. The predicted molar refractivity (Wildman–Crippen MR) is 64.5 cm³/mol. The first kappa shape index (κ1) is 13.4. The van der Waals surface area contributed by atoms with Crippen LogP contribution in [0.3, 0.4) is 0 Å². The van der Waals surface area contributed by atoms with E-state index < -0.39 is 5.97 Å². The molecule has 0 aromatic carbocycles. The summed E-state index contributed by atoms with van der Waals surface area (Å²) in [4.78, 5) is 22.0. The Morgan fingerprint density at radius 2 is 2.25 bits per heavy atom. The van der Waals surface area contributed by atoms with Gasteiger partial charge in [0.1, 0.15) is 0 Å².